The topological polar surface area (TPSA) is 79.7 Å². The molecule has 0 amide bonds. The van der Waals surface area contributed by atoms with Crippen molar-refractivity contribution >= 4 is 16.9 Å². The molecule has 0 fully saturated rings. The molecule has 1 atom stereocenters. The molecule has 1 aromatic carbocycles. The fraction of sp³-hybridized carbons (Fsp3) is 0.286. The number of carbonyl (C=O) groups is 1. The Morgan fingerprint density at radius 3 is 2.72 bits per heavy atom. The summed E-state index contributed by atoms with van der Waals surface area (Å²) in [5, 5.41) is 0.866. The Bertz CT molecular complexity index is 1310. The quantitative estimate of drug-likeness (QED) is 0.462. The molecule has 3 aliphatic heterocycles. The predicted molar refractivity (Wildman–Crippen MR) is 99.5 cm³/mol. The fourth-order valence-electron chi connectivity index (χ4n) is 4.35. The fourth-order valence-corrected chi connectivity index (χ4v) is 4.35. The molecular formula is C21H15FN2O5. The molecule has 29 heavy (non-hydrogen) atoms. The van der Waals surface area contributed by atoms with Crippen molar-refractivity contribution in [3.63, 3.8) is 0 Å². The van der Waals surface area contributed by atoms with Gasteiger partial charge in [-0.05, 0) is 24.6 Å². The Kier molecular flexibility index (Phi) is 3.04. The van der Waals surface area contributed by atoms with Gasteiger partial charge in [0.05, 0.1) is 29.0 Å². The van der Waals surface area contributed by atoms with Crippen molar-refractivity contribution in [1.82, 2.24) is 9.55 Å². The lowest BCUT2D eigenvalue weighted by molar-refractivity contribution is -0.163. The molecule has 5 heterocycles. The van der Waals surface area contributed by atoms with Crippen molar-refractivity contribution in [3.05, 3.63) is 51.3 Å². The molecule has 0 spiro atoms. The van der Waals surface area contributed by atoms with Gasteiger partial charge in [-0.2, -0.15) is 0 Å². The molecule has 6 rings (SSSR count). The van der Waals surface area contributed by atoms with Gasteiger partial charge >= 0.3 is 5.97 Å². The average molecular weight is 394 g/mol. The average Bonchev–Trinajstić information content (AvgIpc) is 3.32. The van der Waals surface area contributed by atoms with Gasteiger partial charge in [0.25, 0.3) is 5.56 Å². The van der Waals surface area contributed by atoms with Crippen LogP contribution in [-0.2, 0) is 28.4 Å². The van der Waals surface area contributed by atoms with Gasteiger partial charge in [-0.1, -0.05) is 6.92 Å². The second-order valence-electron chi connectivity index (χ2n) is 7.44. The van der Waals surface area contributed by atoms with E-state index >= 15 is 4.39 Å². The lowest BCUT2D eigenvalue weighted by Gasteiger charge is -2.29. The Hall–Kier alpha value is -3.42. The van der Waals surface area contributed by atoms with E-state index in [0.29, 0.717) is 34.9 Å². The van der Waals surface area contributed by atoms with Crippen molar-refractivity contribution < 1.29 is 23.4 Å². The predicted octanol–water partition coefficient (Wildman–Crippen LogP) is 2.79. The van der Waals surface area contributed by atoms with Crippen molar-refractivity contribution in [3.8, 4) is 22.9 Å². The van der Waals surface area contributed by atoms with E-state index in [9.17, 15) is 9.59 Å². The number of hydrogen-bond donors (Lipinski definition) is 0. The van der Waals surface area contributed by atoms with Gasteiger partial charge in [0.15, 0.2) is 11.5 Å². The Labute approximate surface area is 163 Å². The number of pyridine rings is 2. The molecule has 146 valence electrons. The number of esters is 1. The largest absolute Gasteiger partial charge is 0.458 e. The summed E-state index contributed by atoms with van der Waals surface area (Å²) >= 11 is 0. The summed E-state index contributed by atoms with van der Waals surface area (Å²) in [6, 6.07) is 7.19. The third kappa shape index (κ3) is 2.03. The van der Waals surface area contributed by atoms with Gasteiger partial charge in [-0.25, -0.2) is 14.2 Å². The molecule has 0 bridgehead atoms. The highest BCUT2D eigenvalue weighted by atomic mass is 19.1. The Balaban J connectivity index is 1.61. The lowest BCUT2D eigenvalue weighted by atomic mass is 9.87. The number of hydrogen-bond acceptors (Lipinski definition) is 6. The van der Waals surface area contributed by atoms with E-state index in [1.165, 1.54) is 0 Å². The van der Waals surface area contributed by atoms with E-state index in [1.54, 1.807) is 23.6 Å². The van der Waals surface area contributed by atoms with Gasteiger partial charge in [0.2, 0.25) is 12.5 Å². The van der Waals surface area contributed by atoms with E-state index in [1.807, 2.05) is 12.1 Å². The van der Waals surface area contributed by atoms with Crippen LogP contribution in [0.3, 0.4) is 0 Å². The third-order valence-corrected chi connectivity index (χ3v) is 5.94. The summed E-state index contributed by atoms with van der Waals surface area (Å²) < 4.78 is 32.8. The molecule has 0 saturated carbocycles. The van der Waals surface area contributed by atoms with E-state index in [0.717, 1.165) is 10.9 Å². The van der Waals surface area contributed by atoms with Crippen LogP contribution in [-0.4, -0.2) is 22.3 Å². The molecule has 0 unspecified atom stereocenters. The molecule has 0 aliphatic carbocycles. The second-order valence-corrected chi connectivity index (χ2v) is 7.44. The van der Waals surface area contributed by atoms with Crippen LogP contribution in [0, 0.1) is 0 Å². The summed E-state index contributed by atoms with van der Waals surface area (Å²) in [6.07, 6.45) is -0.108. The first kappa shape index (κ1) is 16.5. The highest BCUT2D eigenvalue weighted by molar-refractivity contribution is 5.88. The first-order chi connectivity index (χ1) is 14.0. The first-order valence-corrected chi connectivity index (χ1v) is 9.36. The van der Waals surface area contributed by atoms with Crippen LogP contribution in [0.2, 0.25) is 0 Å². The molecule has 3 aliphatic rings. The lowest BCUT2D eigenvalue weighted by Crippen LogP contribution is -2.41. The zero-order chi connectivity index (χ0) is 19.9. The maximum atomic E-state index is 15.4. The van der Waals surface area contributed by atoms with E-state index in [-0.39, 0.29) is 36.5 Å². The maximum absolute atomic E-state index is 15.4. The smallest absolute Gasteiger partial charge is 0.348 e. The molecular weight excluding hydrogens is 379 g/mol. The molecule has 2 aromatic heterocycles. The first-order valence-electron chi connectivity index (χ1n) is 9.36. The number of fused-ring (bicyclic) bond motifs is 6. The van der Waals surface area contributed by atoms with E-state index in [4.69, 9.17) is 19.2 Å². The van der Waals surface area contributed by atoms with E-state index in [2.05, 4.69) is 0 Å². The highest BCUT2D eigenvalue weighted by Crippen LogP contribution is 2.42. The number of benzene rings is 1. The number of halogens is 1. The molecule has 0 saturated heterocycles. The summed E-state index contributed by atoms with van der Waals surface area (Å²) in [5.74, 6) is 0.319. The van der Waals surface area contributed by atoms with Crippen LogP contribution in [0.4, 0.5) is 4.39 Å². The summed E-state index contributed by atoms with van der Waals surface area (Å²) in [6.45, 7) is 1.84. The standard InChI is InChI=1S/C21H15FN2O5/c1-2-21(22)13-5-15-18-11(7-24(15)19(25)12(13)8-27-20(21)26)3-10-4-16-17(29-9-28-16)6-14(10)23-18/h3-6H,2,7-9H2,1H3/t21-/m1/s1. The number of nitrogens with zero attached hydrogens (tertiary/aromatic N) is 2. The molecule has 7 nitrogen and oxygen atoms in total. The molecule has 0 N–H and O–H groups in total. The van der Waals surface area contributed by atoms with Crippen LogP contribution in [0.5, 0.6) is 11.5 Å². The number of carbonyl (C=O) groups excluding carboxylic acids is 1. The number of rotatable bonds is 1. The number of alkyl halides is 1. The van der Waals surface area contributed by atoms with Crippen LogP contribution in [0.25, 0.3) is 22.3 Å². The van der Waals surface area contributed by atoms with Crippen LogP contribution in [0.15, 0.2) is 29.1 Å². The third-order valence-electron chi connectivity index (χ3n) is 5.94. The monoisotopic (exact) mass is 394 g/mol. The summed E-state index contributed by atoms with van der Waals surface area (Å²) in [7, 11) is 0. The van der Waals surface area contributed by atoms with Gasteiger partial charge in [0, 0.05) is 22.6 Å². The molecule has 3 aromatic rings. The van der Waals surface area contributed by atoms with Crippen molar-refractivity contribution in [2.75, 3.05) is 6.79 Å². The zero-order valence-electron chi connectivity index (χ0n) is 15.5. The number of aromatic nitrogens is 2. The van der Waals surface area contributed by atoms with Gasteiger partial charge in [0.1, 0.15) is 6.61 Å². The number of cyclic esters (lactones) is 1. The van der Waals surface area contributed by atoms with Gasteiger partial charge in [-0.15, -0.1) is 0 Å². The normalized spacial score (nSPS) is 21.0. The Morgan fingerprint density at radius 2 is 1.93 bits per heavy atom. The van der Waals surface area contributed by atoms with Crippen molar-refractivity contribution in [2.24, 2.45) is 0 Å². The SMILES string of the molecule is CC[C@]1(F)C(=O)OCc2c1cc1n(c2=O)Cc2cc3cc4c(cc3nc2-1)OCO4. The maximum Gasteiger partial charge on any atom is 0.348 e. The molecule has 0 radical (unpaired) electrons. The van der Waals surface area contributed by atoms with Crippen LogP contribution >= 0.6 is 0 Å². The zero-order valence-corrected chi connectivity index (χ0v) is 15.5. The van der Waals surface area contributed by atoms with Crippen LogP contribution < -0.4 is 15.0 Å². The Morgan fingerprint density at radius 1 is 1.14 bits per heavy atom. The minimum absolute atomic E-state index is 0.0907. The van der Waals surface area contributed by atoms with Gasteiger partial charge in [-0.3, -0.25) is 4.79 Å². The van der Waals surface area contributed by atoms with E-state index < -0.39 is 11.6 Å². The van der Waals surface area contributed by atoms with Crippen molar-refractivity contribution in [1.29, 1.82) is 0 Å². The number of ether oxygens (including phenoxy) is 3. The summed E-state index contributed by atoms with van der Waals surface area (Å²) in [5.41, 5.74) is 0.258. The van der Waals surface area contributed by atoms with Crippen LogP contribution in [0.1, 0.15) is 30.0 Å². The van der Waals surface area contributed by atoms with Gasteiger partial charge < -0.3 is 18.8 Å². The van der Waals surface area contributed by atoms with Crippen molar-refractivity contribution in [2.45, 2.75) is 32.2 Å². The minimum Gasteiger partial charge on any atom is -0.458 e. The molecule has 8 heteroatoms. The minimum atomic E-state index is -2.33. The highest BCUT2D eigenvalue weighted by Gasteiger charge is 2.47. The summed E-state index contributed by atoms with van der Waals surface area (Å²) in [4.78, 5) is 29.9. The second kappa shape index (κ2) is 5.34.